The van der Waals surface area contributed by atoms with E-state index in [-0.39, 0.29) is 5.12 Å². The smallest absolute Gasteiger partial charge is 0.248 e. The molecule has 3 rings (SSSR count). The average molecular weight is 347 g/mol. The number of fused-ring (bicyclic) bond motifs is 1. The lowest BCUT2D eigenvalue weighted by Crippen LogP contribution is -1.96. The van der Waals surface area contributed by atoms with Crippen molar-refractivity contribution in [2.24, 2.45) is 0 Å². The lowest BCUT2D eigenvalue weighted by atomic mass is 10.2. The minimum Gasteiger partial charge on any atom is -0.476 e. The van der Waals surface area contributed by atoms with E-state index in [1.165, 1.54) is 0 Å². The molecule has 0 aliphatic heterocycles. The molecule has 2 heterocycles. The molecular weight excluding hydrogens is 332 g/mol. The van der Waals surface area contributed by atoms with E-state index in [4.69, 9.17) is 16.3 Å². The van der Waals surface area contributed by atoms with Crippen molar-refractivity contribution in [2.75, 3.05) is 6.61 Å². The van der Waals surface area contributed by atoms with E-state index in [9.17, 15) is 4.79 Å². The van der Waals surface area contributed by atoms with Crippen molar-refractivity contribution in [1.29, 1.82) is 0 Å². The third-order valence-electron chi connectivity index (χ3n) is 3.27. The molecule has 1 aromatic carbocycles. The molecule has 0 atom stereocenters. The summed E-state index contributed by atoms with van der Waals surface area (Å²) in [5.74, 6) is 0.477. The molecule has 0 bridgehead atoms. The zero-order chi connectivity index (χ0) is 16.4. The van der Waals surface area contributed by atoms with E-state index in [0.29, 0.717) is 23.1 Å². The third-order valence-corrected chi connectivity index (χ3v) is 4.53. The molecule has 3 aromatic rings. The van der Waals surface area contributed by atoms with Crippen molar-refractivity contribution in [3.63, 3.8) is 0 Å². The number of hydrogen-bond donors (Lipinski definition) is 0. The van der Waals surface area contributed by atoms with Crippen LogP contribution >= 0.6 is 23.4 Å². The maximum atomic E-state index is 12.5. The van der Waals surface area contributed by atoms with Crippen LogP contribution in [0.1, 0.15) is 22.8 Å². The number of pyridine rings is 1. The maximum absolute atomic E-state index is 12.5. The molecule has 118 valence electrons. The van der Waals surface area contributed by atoms with Gasteiger partial charge in [-0.1, -0.05) is 11.6 Å². The van der Waals surface area contributed by atoms with Crippen LogP contribution in [0.15, 0.2) is 47.5 Å². The summed E-state index contributed by atoms with van der Waals surface area (Å²) in [5.41, 5.74) is 2.55. The van der Waals surface area contributed by atoms with E-state index in [1.807, 2.05) is 32.2 Å². The summed E-state index contributed by atoms with van der Waals surface area (Å²) in [7, 11) is 0. The molecule has 6 heteroatoms. The topological polar surface area (TPSA) is 43.6 Å². The predicted molar refractivity (Wildman–Crippen MR) is 92.7 cm³/mol. The Bertz CT molecular complexity index is 859. The normalized spacial score (nSPS) is 10.9. The molecule has 0 aliphatic carbocycles. The number of nitrogens with zero attached hydrogens (tertiary/aromatic N) is 2. The Morgan fingerprint density at radius 2 is 2.04 bits per heavy atom. The summed E-state index contributed by atoms with van der Waals surface area (Å²) in [6.07, 6.45) is 1.87. The van der Waals surface area contributed by atoms with Crippen molar-refractivity contribution in [3.8, 4) is 5.88 Å². The number of thioether (sulfide) groups is 1. The van der Waals surface area contributed by atoms with Crippen LogP contribution in [-0.2, 0) is 0 Å². The highest BCUT2D eigenvalue weighted by atomic mass is 35.5. The lowest BCUT2D eigenvalue weighted by molar-refractivity contribution is 0.108. The van der Waals surface area contributed by atoms with Crippen molar-refractivity contribution in [1.82, 2.24) is 9.61 Å². The van der Waals surface area contributed by atoms with Gasteiger partial charge >= 0.3 is 0 Å². The van der Waals surface area contributed by atoms with Crippen LogP contribution in [-0.4, -0.2) is 21.3 Å². The van der Waals surface area contributed by atoms with Crippen LogP contribution in [0.4, 0.5) is 0 Å². The number of carbonyl (C=O) groups is 1. The molecule has 2 aromatic heterocycles. The SMILES string of the molecule is CCOc1nn2ccc(C)cc2c1SC(=O)c1ccc(Cl)cc1. The standard InChI is InChI=1S/C17H15ClN2O2S/c1-3-22-16-15(14-10-11(2)8-9-20(14)19-16)23-17(21)12-4-6-13(18)7-5-12/h4-10H,3H2,1-2H3. The summed E-state index contributed by atoms with van der Waals surface area (Å²) in [4.78, 5) is 13.3. The van der Waals surface area contributed by atoms with Gasteiger partial charge in [0.05, 0.1) is 12.1 Å². The number of benzene rings is 1. The Kier molecular flexibility index (Phi) is 4.59. The summed E-state index contributed by atoms with van der Waals surface area (Å²) in [6.45, 7) is 4.39. The van der Waals surface area contributed by atoms with Gasteiger partial charge in [0.25, 0.3) is 0 Å². The number of carbonyl (C=O) groups excluding carboxylic acids is 1. The average Bonchev–Trinajstić information content (AvgIpc) is 2.85. The van der Waals surface area contributed by atoms with Crippen LogP contribution in [0.5, 0.6) is 5.88 Å². The van der Waals surface area contributed by atoms with Gasteiger partial charge in [-0.15, -0.1) is 5.10 Å². The highest BCUT2D eigenvalue weighted by Gasteiger charge is 2.19. The van der Waals surface area contributed by atoms with E-state index in [1.54, 1.807) is 28.8 Å². The highest BCUT2D eigenvalue weighted by Crippen LogP contribution is 2.35. The van der Waals surface area contributed by atoms with Crippen molar-refractivity contribution < 1.29 is 9.53 Å². The molecule has 0 saturated heterocycles. The van der Waals surface area contributed by atoms with Crippen LogP contribution in [0.25, 0.3) is 5.52 Å². The van der Waals surface area contributed by atoms with E-state index >= 15 is 0 Å². The summed E-state index contributed by atoms with van der Waals surface area (Å²) >= 11 is 6.99. The number of ether oxygens (including phenoxy) is 1. The first-order chi connectivity index (χ1) is 11.1. The first-order valence-electron chi connectivity index (χ1n) is 7.18. The first-order valence-corrected chi connectivity index (χ1v) is 8.37. The monoisotopic (exact) mass is 346 g/mol. The first kappa shape index (κ1) is 15.9. The lowest BCUT2D eigenvalue weighted by Gasteiger charge is -2.03. The molecule has 0 unspecified atom stereocenters. The van der Waals surface area contributed by atoms with Crippen molar-refractivity contribution in [2.45, 2.75) is 18.7 Å². The molecule has 0 saturated carbocycles. The number of aryl methyl sites for hydroxylation is 1. The molecule has 23 heavy (non-hydrogen) atoms. The van der Waals surface area contributed by atoms with E-state index in [2.05, 4.69) is 5.10 Å². The second kappa shape index (κ2) is 6.64. The minimum atomic E-state index is -0.0703. The van der Waals surface area contributed by atoms with Gasteiger partial charge in [0, 0.05) is 16.8 Å². The van der Waals surface area contributed by atoms with Gasteiger partial charge in [-0.05, 0) is 67.6 Å². The molecule has 0 amide bonds. The Balaban J connectivity index is 2.00. The molecule has 0 spiro atoms. The second-order valence-corrected chi connectivity index (χ2v) is 6.42. The zero-order valence-electron chi connectivity index (χ0n) is 12.7. The highest BCUT2D eigenvalue weighted by molar-refractivity contribution is 8.14. The summed E-state index contributed by atoms with van der Waals surface area (Å²) in [5, 5.41) is 4.94. The Labute approximate surface area is 143 Å². The number of aromatic nitrogens is 2. The van der Waals surface area contributed by atoms with Gasteiger partial charge in [-0.25, -0.2) is 4.52 Å². The Morgan fingerprint density at radius 3 is 2.74 bits per heavy atom. The Hall–Kier alpha value is -1.98. The molecule has 0 aliphatic rings. The largest absolute Gasteiger partial charge is 0.476 e. The molecule has 0 fully saturated rings. The van der Waals surface area contributed by atoms with Gasteiger partial charge in [0.15, 0.2) is 0 Å². The van der Waals surface area contributed by atoms with Crippen LogP contribution < -0.4 is 4.74 Å². The van der Waals surface area contributed by atoms with Crippen molar-refractivity contribution in [3.05, 3.63) is 58.7 Å². The second-order valence-electron chi connectivity index (χ2n) is 5.00. The van der Waals surface area contributed by atoms with Gasteiger partial charge in [-0.2, -0.15) is 0 Å². The van der Waals surface area contributed by atoms with Gasteiger partial charge in [-0.3, -0.25) is 4.79 Å². The quantitative estimate of drug-likeness (QED) is 0.646. The van der Waals surface area contributed by atoms with Gasteiger partial charge < -0.3 is 4.74 Å². The summed E-state index contributed by atoms with van der Waals surface area (Å²) < 4.78 is 7.32. The minimum absolute atomic E-state index is 0.0703. The summed E-state index contributed by atoms with van der Waals surface area (Å²) in [6, 6.07) is 10.8. The number of hydrogen-bond acceptors (Lipinski definition) is 4. The fourth-order valence-corrected chi connectivity index (χ4v) is 3.18. The van der Waals surface area contributed by atoms with E-state index < -0.39 is 0 Å². The third kappa shape index (κ3) is 3.35. The fourth-order valence-electron chi connectivity index (χ4n) is 2.17. The van der Waals surface area contributed by atoms with Crippen LogP contribution in [0, 0.1) is 6.92 Å². The van der Waals surface area contributed by atoms with Gasteiger partial charge in [0.2, 0.25) is 11.0 Å². The predicted octanol–water partition coefficient (Wildman–Crippen LogP) is 4.63. The van der Waals surface area contributed by atoms with Gasteiger partial charge in [0.1, 0.15) is 4.90 Å². The number of rotatable bonds is 4. The zero-order valence-corrected chi connectivity index (χ0v) is 14.3. The Morgan fingerprint density at radius 1 is 1.30 bits per heavy atom. The van der Waals surface area contributed by atoms with E-state index in [0.717, 1.165) is 27.7 Å². The van der Waals surface area contributed by atoms with Crippen LogP contribution in [0.3, 0.4) is 0 Å². The molecule has 4 nitrogen and oxygen atoms in total. The molecular formula is C17H15ClN2O2S. The van der Waals surface area contributed by atoms with Crippen molar-refractivity contribution >= 4 is 34.0 Å². The van der Waals surface area contributed by atoms with Crippen LogP contribution in [0.2, 0.25) is 5.02 Å². The maximum Gasteiger partial charge on any atom is 0.248 e. The number of halogens is 1. The molecule has 0 radical (unpaired) electrons. The fraction of sp³-hybridized carbons (Fsp3) is 0.176. The molecule has 0 N–H and O–H groups in total.